The van der Waals surface area contributed by atoms with Gasteiger partial charge in [0.2, 0.25) is 5.91 Å². The quantitative estimate of drug-likeness (QED) is 0.235. The maximum Gasteiger partial charge on any atom is 0.234 e. The summed E-state index contributed by atoms with van der Waals surface area (Å²) < 4.78 is 0. The molecule has 4 N–H and O–H groups in total. The van der Waals surface area contributed by atoms with E-state index >= 15 is 0 Å². The summed E-state index contributed by atoms with van der Waals surface area (Å²) >= 11 is 0. The Morgan fingerprint density at radius 1 is 1.17 bits per heavy atom. The minimum absolute atomic E-state index is 0.0558. The fourth-order valence-electron chi connectivity index (χ4n) is 2.73. The Balaban J connectivity index is 2.19. The second-order valence-corrected chi connectivity index (χ2v) is 6.00. The number of carbonyl (C=O) groups is 1. The molecule has 0 aromatic heterocycles. The largest absolute Gasteiger partial charge is 0.409 e. The average Bonchev–Trinajstić information content (AvgIpc) is 3.11. The van der Waals surface area contributed by atoms with Crippen LogP contribution in [0.25, 0.3) is 0 Å². The third kappa shape index (κ3) is 2.44. The summed E-state index contributed by atoms with van der Waals surface area (Å²) in [5.74, 6) is 0.0193. The van der Waals surface area contributed by atoms with Crippen LogP contribution in [0.4, 0.5) is 0 Å². The average molecular weight is 253 g/mol. The van der Waals surface area contributed by atoms with Crippen molar-refractivity contribution in [2.45, 2.75) is 63.8 Å². The van der Waals surface area contributed by atoms with Crippen LogP contribution in [0.1, 0.15) is 58.3 Å². The van der Waals surface area contributed by atoms with Gasteiger partial charge in [-0.15, -0.1) is 0 Å². The Morgan fingerprint density at radius 3 is 2.17 bits per heavy atom. The Labute approximate surface area is 108 Å². The molecule has 102 valence electrons. The summed E-state index contributed by atoms with van der Waals surface area (Å²) in [4.78, 5) is 12.5. The van der Waals surface area contributed by atoms with Crippen LogP contribution in [-0.2, 0) is 4.79 Å². The van der Waals surface area contributed by atoms with Crippen molar-refractivity contribution in [2.75, 3.05) is 0 Å². The van der Waals surface area contributed by atoms with Gasteiger partial charge in [-0.25, -0.2) is 0 Å². The first-order valence-corrected chi connectivity index (χ1v) is 6.83. The standard InChI is InChI=1S/C13H23N3O2/c1-12(8-9-12)15-11(17)13(10(14)16-18)6-4-2-3-5-7-13/h18H,2-9H2,1H3,(H2,14,16)(H,15,17). The van der Waals surface area contributed by atoms with Crippen LogP contribution in [0.15, 0.2) is 5.16 Å². The van der Waals surface area contributed by atoms with Crippen LogP contribution in [0, 0.1) is 5.41 Å². The van der Waals surface area contributed by atoms with E-state index in [1.807, 2.05) is 6.92 Å². The second kappa shape index (κ2) is 4.78. The molecular weight excluding hydrogens is 230 g/mol. The molecule has 2 aliphatic carbocycles. The molecule has 0 bridgehead atoms. The molecule has 0 radical (unpaired) electrons. The normalized spacial score (nSPS) is 26.2. The number of oxime groups is 1. The fraction of sp³-hybridized carbons (Fsp3) is 0.846. The van der Waals surface area contributed by atoms with Crippen molar-refractivity contribution < 1.29 is 10.0 Å². The summed E-state index contributed by atoms with van der Waals surface area (Å²) in [7, 11) is 0. The van der Waals surface area contributed by atoms with E-state index in [0.717, 1.165) is 38.5 Å². The SMILES string of the molecule is CC1(NC(=O)C2(C(N)=NO)CCCCCC2)CC1. The van der Waals surface area contributed by atoms with E-state index in [1.54, 1.807) is 0 Å². The van der Waals surface area contributed by atoms with Crippen molar-refractivity contribution in [3.8, 4) is 0 Å². The number of hydrogen-bond donors (Lipinski definition) is 3. The lowest BCUT2D eigenvalue weighted by molar-refractivity contribution is -0.129. The summed E-state index contributed by atoms with van der Waals surface area (Å²) in [5.41, 5.74) is 4.97. The number of amides is 1. The molecule has 0 heterocycles. The Bertz CT molecular complexity index is 353. The molecule has 2 fully saturated rings. The van der Waals surface area contributed by atoms with Crippen LogP contribution in [0.2, 0.25) is 0 Å². The summed E-state index contributed by atoms with van der Waals surface area (Å²) in [6.07, 6.45) is 7.56. The second-order valence-electron chi connectivity index (χ2n) is 6.00. The molecule has 2 rings (SSSR count). The van der Waals surface area contributed by atoms with Gasteiger partial charge in [-0.2, -0.15) is 0 Å². The van der Waals surface area contributed by atoms with Gasteiger partial charge in [-0.3, -0.25) is 4.79 Å². The fourth-order valence-corrected chi connectivity index (χ4v) is 2.73. The van der Waals surface area contributed by atoms with Crippen molar-refractivity contribution in [1.82, 2.24) is 5.32 Å². The van der Waals surface area contributed by atoms with Crippen LogP contribution < -0.4 is 11.1 Å². The van der Waals surface area contributed by atoms with Crippen LogP contribution >= 0.6 is 0 Å². The molecule has 0 spiro atoms. The van der Waals surface area contributed by atoms with Gasteiger partial charge in [0.25, 0.3) is 0 Å². The predicted molar refractivity (Wildman–Crippen MR) is 69.3 cm³/mol. The molecule has 5 nitrogen and oxygen atoms in total. The van der Waals surface area contributed by atoms with Gasteiger partial charge in [0.15, 0.2) is 5.84 Å². The van der Waals surface area contributed by atoms with Crippen molar-refractivity contribution in [3.63, 3.8) is 0 Å². The number of amidine groups is 1. The molecule has 0 unspecified atom stereocenters. The van der Waals surface area contributed by atoms with E-state index in [9.17, 15) is 4.79 Å². The zero-order chi connectivity index (χ0) is 13.2. The summed E-state index contributed by atoms with van der Waals surface area (Å²) in [6.45, 7) is 2.04. The highest BCUT2D eigenvalue weighted by Gasteiger charge is 2.48. The van der Waals surface area contributed by atoms with Crippen molar-refractivity contribution in [1.29, 1.82) is 0 Å². The van der Waals surface area contributed by atoms with Gasteiger partial charge in [-0.1, -0.05) is 30.8 Å². The monoisotopic (exact) mass is 253 g/mol. The highest BCUT2D eigenvalue weighted by atomic mass is 16.4. The van der Waals surface area contributed by atoms with Crippen molar-refractivity contribution in [2.24, 2.45) is 16.3 Å². The van der Waals surface area contributed by atoms with E-state index < -0.39 is 5.41 Å². The molecule has 2 saturated carbocycles. The maximum atomic E-state index is 12.5. The van der Waals surface area contributed by atoms with Gasteiger partial charge in [0.05, 0.1) is 0 Å². The van der Waals surface area contributed by atoms with E-state index in [1.165, 1.54) is 0 Å². The van der Waals surface area contributed by atoms with Gasteiger partial charge >= 0.3 is 0 Å². The number of nitrogens with two attached hydrogens (primary N) is 1. The predicted octanol–water partition coefficient (Wildman–Crippen LogP) is 1.74. The van der Waals surface area contributed by atoms with E-state index in [2.05, 4.69) is 10.5 Å². The maximum absolute atomic E-state index is 12.5. The lowest BCUT2D eigenvalue weighted by atomic mass is 9.78. The molecule has 0 saturated heterocycles. The minimum Gasteiger partial charge on any atom is -0.409 e. The zero-order valence-electron chi connectivity index (χ0n) is 11.0. The van der Waals surface area contributed by atoms with E-state index in [4.69, 9.17) is 10.9 Å². The number of nitrogens with one attached hydrogen (secondary N) is 1. The third-order valence-electron chi connectivity index (χ3n) is 4.41. The van der Waals surface area contributed by atoms with Gasteiger partial charge in [0, 0.05) is 5.54 Å². The number of nitrogens with zero attached hydrogens (tertiary/aromatic N) is 1. The molecule has 2 aliphatic rings. The minimum atomic E-state index is -0.795. The summed E-state index contributed by atoms with van der Waals surface area (Å²) in [6, 6.07) is 0. The molecule has 0 atom stereocenters. The Hall–Kier alpha value is -1.26. The van der Waals surface area contributed by atoms with Crippen molar-refractivity contribution in [3.05, 3.63) is 0 Å². The van der Waals surface area contributed by atoms with Gasteiger partial charge in [-0.05, 0) is 32.6 Å². The van der Waals surface area contributed by atoms with Crippen molar-refractivity contribution >= 4 is 11.7 Å². The zero-order valence-corrected chi connectivity index (χ0v) is 11.0. The lowest BCUT2D eigenvalue weighted by Crippen LogP contribution is -2.52. The molecular formula is C13H23N3O2. The number of rotatable bonds is 3. The highest BCUT2D eigenvalue weighted by molar-refractivity contribution is 6.07. The van der Waals surface area contributed by atoms with Gasteiger partial charge in [0.1, 0.15) is 5.41 Å². The topological polar surface area (TPSA) is 87.7 Å². The highest BCUT2D eigenvalue weighted by Crippen LogP contribution is 2.40. The molecule has 18 heavy (non-hydrogen) atoms. The lowest BCUT2D eigenvalue weighted by Gasteiger charge is -2.31. The Kier molecular flexibility index (Phi) is 3.50. The van der Waals surface area contributed by atoms with Gasteiger partial charge < -0.3 is 16.3 Å². The molecule has 1 amide bonds. The molecule has 0 aromatic rings. The van der Waals surface area contributed by atoms with Crippen LogP contribution in [0.3, 0.4) is 0 Å². The molecule has 0 aromatic carbocycles. The number of hydrogen-bond acceptors (Lipinski definition) is 3. The van der Waals surface area contributed by atoms with Crippen LogP contribution in [0.5, 0.6) is 0 Å². The van der Waals surface area contributed by atoms with Crippen LogP contribution in [-0.4, -0.2) is 22.5 Å². The molecule has 0 aliphatic heterocycles. The summed E-state index contributed by atoms with van der Waals surface area (Å²) in [5, 5.41) is 15.2. The smallest absolute Gasteiger partial charge is 0.234 e. The third-order valence-corrected chi connectivity index (χ3v) is 4.41. The van der Waals surface area contributed by atoms with E-state index in [0.29, 0.717) is 12.8 Å². The first kappa shape index (κ1) is 13.2. The van der Waals surface area contributed by atoms with E-state index in [-0.39, 0.29) is 17.3 Å². The first-order valence-electron chi connectivity index (χ1n) is 6.83. The molecule has 5 heteroatoms. The first-order chi connectivity index (χ1) is 8.52. The Morgan fingerprint density at radius 2 is 1.72 bits per heavy atom. The number of carbonyl (C=O) groups excluding carboxylic acids is 1.